The molecule has 1 rings (SSSR count). The van der Waals surface area contributed by atoms with Crippen LogP contribution in [-0.2, 0) is 0 Å². The van der Waals surface area contributed by atoms with Gasteiger partial charge >= 0.3 is 0 Å². The lowest BCUT2D eigenvalue weighted by Crippen LogP contribution is -2.21. The van der Waals surface area contributed by atoms with E-state index in [0.717, 1.165) is 0 Å². The van der Waals surface area contributed by atoms with Crippen molar-refractivity contribution < 1.29 is 5.21 Å². The van der Waals surface area contributed by atoms with Gasteiger partial charge in [0, 0.05) is 6.20 Å². The molecule has 9 heavy (non-hydrogen) atoms. The second kappa shape index (κ2) is 1.77. The Morgan fingerprint density at radius 1 is 1.78 bits per heavy atom. The molecule has 0 saturated carbocycles. The van der Waals surface area contributed by atoms with Gasteiger partial charge in [0.15, 0.2) is 5.82 Å². The molecule has 0 bridgehead atoms. The number of anilines is 1. The van der Waals surface area contributed by atoms with Crippen LogP contribution in [0.25, 0.3) is 0 Å². The van der Waals surface area contributed by atoms with Gasteiger partial charge in [-0.15, -0.1) is 0 Å². The Balaban J connectivity index is 3.43. The number of nitrogens with two attached hydrogens (primary N) is 1. The molecule has 0 aliphatic carbocycles. The summed E-state index contributed by atoms with van der Waals surface area (Å²) in [5.74, 6) is 0.0139. The number of aromatic nitrogens is 2. The van der Waals surface area contributed by atoms with Gasteiger partial charge in [0.1, 0.15) is 0 Å². The molecule has 0 saturated heterocycles. The summed E-state index contributed by atoms with van der Waals surface area (Å²) in [4.78, 5) is 3.55. The first-order chi connectivity index (χ1) is 4.22. The van der Waals surface area contributed by atoms with Crippen molar-refractivity contribution in [3.63, 3.8) is 0 Å². The summed E-state index contributed by atoms with van der Waals surface area (Å²) in [6, 6.07) is 0. The van der Waals surface area contributed by atoms with Gasteiger partial charge in [-0.2, -0.15) is 4.73 Å². The molecule has 0 aliphatic rings. The van der Waals surface area contributed by atoms with Crippen molar-refractivity contribution in [2.24, 2.45) is 0 Å². The normalized spacial score (nSPS) is 9.33. The predicted molar refractivity (Wildman–Crippen MR) is 29.7 cm³/mol. The third kappa shape index (κ3) is 0.835. The number of rotatable bonds is 0. The van der Waals surface area contributed by atoms with E-state index in [0.29, 0.717) is 4.73 Å². The number of hydrogen-bond donors (Lipinski definition) is 3. The molecule has 5 nitrogen and oxygen atoms in total. The second-order valence-corrected chi connectivity index (χ2v) is 1.51. The van der Waals surface area contributed by atoms with Gasteiger partial charge in [0.2, 0.25) is 5.49 Å². The average molecular weight is 126 g/mol. The first-order valence-corrected chi connectivity index (χ1v) is 2.29. The molecule has 1 aromatic heterocycles. The highest BCUT2D eigenvalue weighted by molar-refractivity contribution is 5.19. The Kier molecular flexibility index (Phi) is 1.11. The zero-order valence-electron chi connectivity index (χ0n) is 4.57. The third-order valence-electron chi connectivity index (χ3n) is 0.893. The Morgan fingerprint density at radius 2 is 2.44 bits per heavy atom. The molecule has 1 aromatic rings. The van der Waals surface area contributed by atoms with Crippen LogP contribution in [0.4, 0.5) is 5.82 Å². The zero-order valence-corrected chi connectivity index (χ0v) is 4.57. The van der Waals surface area contributed by atoms with Crippen LogP contribution in [0.1, 0.15) is 0 Å². The minimum atomic E-state index is -0.197. The minimum absolute atomic E-state index is 0.0139. The standard InChI is InChI=1S/C4H6N4O/c5-3-4(6)8(9)2-1-7-3/h1-2,6,9H,(H2,5,7). The molecule has 48 valence electrons. The van der Waals surface area contributed by atoms with E-state index in [1.165, 1.54) is 12.4 Å². The van der Waals surface area contributed by atoms with Crippen LogP contribution in [0.2, 0.25) is 0 Å². The number of nitrogen functional groups attached to an aromatic ring is 1. The van der Waals surface area contributed by atoms with Crippen LogP contribution >= 0.6 is 0 Å². The lowest BCUT2D eigenvalue weighted by molar-refractivity contribution is 0.170. The Morgan fingerprint density at radius 3 is 2.89 bits per heavy atom. The van der Waals surface area contributed by atoms with E-state index >= 15 is 0 Å². The van der Waals surface area contributed by atoms with Crippen molar-refractivity contribution in [1.82, 2.24) is 9.71 Å². The lowest BCUT2D eigenvalue weighted by atomic mass is 10.6. The van der Waals surface area contributed by atoms with Crippen LogP contribution in [0.5, 0.6) is 0 Å². The third-order valence-corrected chi connectivity index (χ3v) is 0.893. The van der Waals surface area contributed by atoms with Gasteiger partial charge < -0.3 is 10.9 Å². The van der Waals surface area contributed by atoms with Crippen LogP contribution in [-0.4, -0.2) is 14.9 Å². The summed E-state index contributed by atoms with van der Waals surface area (Å²) in [7, 11) is 0. The first-order valence-electron chi connectivity index (χ1n) is 2.29. The van der Waals surface area contributed by atoms with Gasteiger partial charge in [-0.05, 0) is 0 Å². The fraction of sp³-hybridized carbons (Fsp3) is 0. The van der Waals surface area contributed by atoms with Gasteiger partial charge in [-0.3, -0.25) is 5.41 Å². The zero-order chi connectivity index (χ0) is 6.85. The van der Waals surface area contributed by atoms with Crippen LogP contribution in [0, 0.1) is 5.41 Å². The molecule has 0 atom stereocenters. The molecular weight excluding hydrogens is 120 g/mol. The SMILES string of the molecule is N=c1c(N)nccn1O. The maximum Gasteiger partial charge on any atom is 0.203 e. The Hall–Kier alpha value is -1.52. The van der Waals surface area contributed by atoms with E-state index in [1.54, 1.807) is 0 Å². The Labute approximate surface area is 50.9 Å². The number of hydrogen-bond acceptors (Lipinski definition) is 4. The summed E-state index contributed by atoms with van der Waals surface area (Å²) in [5.41, 5.74) is 4.94. The Bertz CT molecular complexity index is 242. The van der Waals surface area contributed by atoms with Crippen molar-refractivity contribution >= 4 is 5.82 Å². The van der Waals surface area contributed by atoms with Crippen LogP contribution in [0.15, 0.2) is 12.4 Å². The summed E-state index contributed by atoms with van der Waals surface area (Å²) in [5, 5.41) is 15.7. The van der Waals surface area contributed by atoms with Gasteiger partial charge in [-0.25, -0.2) is 4.98 Å². The molecule has 5 heteroatoms. The van der Waals surface area contributed by atoms with Crippen molar-refractivity contribution in [3.05, 3.63) is 17.9 Å². The molecular formula is C4H6N4O. The minimum Gasteiger partial charge on any atom is -0.427 e. The molecule has 1 heterocycles. The molecule has 0 aliphatic heterocycles. The largest absolute Gasteiger partial charge is 0.427 e. The predicted octanol–water partition coefficient (Wildman–Crippen LogP) is -0.818. The van der Waals surface area contributed by atoms with E-state index in [4.69, 9.17) is 16.4 Å². The summed E-state index contributed by atoms with van der Waals surface area (Å²) >= 11 is 0. The fourth-order valence-corrected chi connectivity index (χ4v) is 0.430. The van der Waals surface area contributed by atoms with E-state index in [-0.39, 0.29) is 11.3 Å². The number of nitrogens with one attached hydrogen (secondary N) is 1. The van der Waals surface area contributed by atoms with Gasteiger partial charge in [0.05, 0.1) is 6.20 Å². The maximum absolute atomic E-state index is 8.71. The summed E-state index contributed by atoms with van der Waals surface area (Å²) in [6.07, 6.45) is 2.55. The quantitative estimate of drug-likeness (QED) is 0.397. The summed E-state index contributed by atoms with van der Waals surface area (Å²) < 4.78 is 0.600. The van der Waals surface area contributed by atoms with Crippen molar-refractivity contribution in [3.8, 4) is 0 Å². The first kappa shape index (κ1) is 5.61. The molecule has 0 unspecified atom stereocenters. The van der Waals surface area contributed by atoms with E-state index in [2.05, 4.69) is 4.98 Å². The highest BCUT2D eigenvalue weighted by Gasteiger charge is 1.90. The van der Waals surface area contributed by atoms with Crippen molar-refractivity contribution in [1.29, 1.82) is 5.41 Å². The summed E-state index contributed by atoms with van der Waals surface area (Å²) in [6.45, 7) is 0. The molecule has 0 aromatic carbocycles. The molecule has 0 spiro atoms. The lowest BCUT2D eigenvalue weighted by Gasteiger charge is -1.95. The van der Waals surface area contributed by atoms with Crippen molar-refractivity contribution in [2.45, 2.75) is 0 Å². The fourth-order valence-electron chi connectivity index (χ4n) is 0.430. The van der Waals surface area contributed by atoms with Crippen LogP contribution in [0.3, 0.4) is 0 Å². The van der Waals surface area contributed by atoms with Crippen molar-refractivity contribution in [2.75, 3.05) is 5.73 Å². The molecule has 0 radical (unpaired) electrons. The van der Waals surface area contributed by atoms with Gasteiger partial charge in [0.25, 0.3) is 0 Å². The van der Waals surface area contributed by atoms with Gasteiger partial charge in [-0.1, -0.05) is 0 Å². The number of nitrogens with zero attached hydrogens (tertiary/aromatic N) is 2. The molecule has 0 amide bonds. The smallest absolute Gasteiger partial charge is 0.203 e. The van der Waals surface area contributed by atoms with Crippen LogP contribution < -0.4 is 11.2 Å². The second-order valence-electron chi connectivity index (χ2n) is 1.51. The maximum atomic E-state index is 8.71. The average Bonchev–Trinajstić information content (AvgIpc) is 1.83. The molecule has 4 N–H and O–H groups in total. The highest BCUT2D eigenvalue weighted by Crippen LogP contribution is 1.79. The topological polar surface area (TPSA) is 87.9 Å². The highest BCUT2D eigenvalue weighted by atomic mass is 16.5. The van der Waals surface area contributed by atoms with E-state index < -0.39 is 0 Å². The monoisotopic (exact) mass is 126 g/mol. The van der Waals surface area contributed by atoms with E-state index in [9.17, 15) is 0 Å². The van der Waals surface area contributed by atoms with E-state index in [1.807, 2.05) is 0 Å². The molecule has 0 fully saturated rings.